The molecule has 18 heavy (non-hydrogen) atoms. The van der Waals surface area contributed by atoms with Gasteiger partial charge in [-0.2, -0.15) is 0 Å². The number of hydrogen-bond donors (Lipinski definition) is 0. The second-order valence-corrected chi connectivity index (χ2v) is 4.13. The van der Waals surface area contributed by atoms with Crippen molar-refractivity contribution in [3.8, 4) is 5.75 Å². The Hall–Kier alpha value is -2.10. The minimum atomic E-state index is 0.770. The molecule has 0 radical (unpaired) electrons. The zero-order valence-corrected chi connectivity index (χ0v) is 11.1. The van der Waals surface area contributed by atoms with Crippen LogP contribution in [-0.2, 0) is 0 Å². The number of nitrogens with zero attached hydrogens (tertiary/aromatic N) is 3. The molecule has 0 saturated heterocycles. The van der Waals surface area contributed by atoms with Crippen molar-refractivity contribution < 1.29 is 4.74 Å². The first-order valence-electron chi connectivity index (χ1n) is 5.83. The fourth-order valence-corrected chi connectivity index (χ4v) is 1.90. The van der Waals surface area contributed by atoms with Crippen molar-refractivity contribution in [3.05, 3.63) is 42.0 Å². The van der Waals surface area contributed by atoms with Crippen LogP contribution in [0.15, 0.2) is 35.5 Å². The Morgan fingerprint density at radius 1 is 1.28 bits per heavy atom. The Morgan fingerprint density at radius 3 is 2.61 bits per heavy atom. The molecule has 4 heteroatoms. The molecule has 0 aliphatic rings. The third-order valence-corrected chi connectivity index (χ3v) is 2.72. The smallest absolute Gasteiger partial charge is 0.144 e. The molecular formula is C14H17N3O. The van der Waals surface area contributed by atoms with Gasteiger partial charge in [-0.05, 0) is 32.9 Å². The van der Waals surface area contributed by atoms with Crippen molar-refractivity contribution in [2.75, 3.05) is 7.11 Å². The molecule has 1 heterocycles. The Labute approximate surface area is 107 Å². The van der Waals surface area contributed by atoms with E-state index in [1.165, 1.54) is 0 Å². The maximum atomic E-state index is 5.29. The van der Waals surface area contributed by atoms with E-state index in [1.807, 2.05) is 55.8 Å². The lowest BCUT2D eigenvalue weighted by Crippen LogP contribution is -2.07. The molecule has 1 aromatic carbocycles. The maximum absolute atomic E-state index is 5.29. The number of aryl methyl sites for hydroxylation is 2. The molecule has 0 atom stereocenters. The summed E-state index contributed by atoms with van der Waals surface area (Å²) >= 11 is 0. The fourth-order valence-electron chi connectivity index (χ4n) is 1.90. The SMILES string of the molecule is COc1ccccc1N=C(C)n1cc(C)nc1C. The molecule has 2 rings (SSSR count). The van der Waals surface area contributed by atoms with E-state index in [4.69, 9.17) is 4.74 Å². The molecule has 0 unspecified atom stereocenters. The normalized spacial score (nSPS) is 11.7. The number of ether oxygens (including phenoxy) is 1. The Bertz CT molecular complexity index is 584. The van der Waals surface area contributed by atoms with Gasteiger partial charge in [-0.25, -0.2) is 9.98 Å². The van der Waals surface area contributed by atoms with Crippen molar-refractivity contribution in [2.45, 2.75) is 20.8 Å². The van der Waals surface area contributed by atoms with Gasteiger partial charge in [0, 0.05) is 6.20 Å². The molecule has 0 N–H and O–H groups in total. The summed E-state index contributed by atoms with van der Waals surface area (Å²) in [7, 11) is 1.65. The second kappa shape index (κ2) is 5.04. The highest BCUT2D eigenvalue weighted by Crippen LogP contribution is 2.26. The Kier molecular flexibility index (Phi) is 3.46. The molecule has 0 fully saturated rings. The molecule has 0 aliphatic heterocycles. The van der Waals surface area contributed by atoms with E-state index in [1.54, 1.807) is 7.11 Å². The number of aromatic nitrogens is 2. The Balaban J connectivity index is 2.41. The van der Waals surface area contributed by atoms with Crippen LogP contribution in [0, 0.1) is 13.8 Å². The number of hydrogen-bond acceptors (Lipinski definition) is 3. The van der Waals surface area contributed by atoms with Crippen LogP contribution >= 0.6 is 0 Å². The topological polar surface area (TPSA) is 39.4 Å². The highest BCUT2D eigenvalue weighted by Gasteiger charge is 2.05. The molecule has 0 spiro atoms. The molecular weight excluding hydrogens is 226 g/mol. The molecule has 4 nitrogen and oxygen atoms in total. The van der Waals surface area contributed by atoms with Crippen molar-refractivity contribution in [3.63, 3.8) is 0 Å². The first-order chi connectivity index (χ1) is 8.61. The summed E-state index contributed by atoms with van der Waals surface area (Å²) in [6.07, 6.45) is 1.98. The maximum Gasteiger partial charge on any atom is 0.144 e. The molecule has 0 bridgehead atoms. The van der Waals surface area contributed by atoms with E-state index in [9.17, 15) is 0 Å². The zero-order valence-electron chi connectivity index (χ0n) is 11.1. The van der Waals surface area contributed by atoms with Crippen LogP contribution in [0.3, 0.4) is 0 Å². The third-order valence-electron chi connectivity index (χ3n) is 2.72. The predicted molar refractivity (Wildman–Crippen MR) is 72.9 cm³/mol. The number of para-hydroxylation sites is 2. The average Bonchev–Trinajstić information content (AvgIpc) is 2.69. The minimum Gasteiger partial charge on any atom is -0.494 e. The first-order valence-corrected chi connectivity index (χ1v) is 5.83. The van der Waals surface area contributed by atoms with Gasteiger partial charge in [0.15, 0.2) is 0 Å². The van der Waals surface area contributed by atoms with Gasteiger partial charge in [-0.1, -0.05) is 12.1 Å². The van der Waals surface area contributed by atoms with Crippen molar-refractivity contribution in [1.82, 2.24) is 9.55 Å². The summed E-state index contributed by atoms with van der Waals surface area (Å²) in [6.45, 7) is 5.90. The lowest BCUT2D eigenvalue weighted by atomic mass is 10.3. The quantitative estimate of drug-likeness (QED) is 0.600. The largest absolute Gasteiger partial charge is 0.494 e. The standard InChI is InChI=1S/C14H17N3O/c1-10-9-17(11(2)15-10)12(3)16-13-7-5-6-8-14(13)18-4/h5-9H,1-4H3. The number of aliphatic imine (C=N–C) groups is 1. The van der Waals surface area contributed by atoms with E-state index < -0.39 is 0 Å². The van der Waals surface area contributed by atoms with Crippen molar-refractivity contribution in [2.24, 2.45) is 4.99 Å². The van der Waals surface area contributed by atoms with Gasteiger partial charge < -0.3 is 4.74 Å². The van der Waals surface area contributed by atoms with Gasteiger partial charge in [-0.15, -0.1) is 0 Å². The summed E-state index contributed by atoms with van der Waals surface area (Å²) in [5, 5.41) is 0. The summed E-state index contributed by atoms with van der Waals surface area (Å²) in [5.74, 6) is 2.58. The molecule has 94 valence electrons. The third kappa shape index (κ3) is 2.42. The van der Waals surface area contributed by atoms with E-state index in [-0.39, 0.29) is 0 Å². The first kappa shape index (κ1) is 12.4. The fraction of sp³-hybridized carbons (Fsp3) is 0.286. The van der Waals surface area contributed by atoms with Gasteiger partial charge in [0.25, 0.3) is 0 Å². The number of imidazole rings is 1. The van der Waals surface area contributed by atoms with Crippen LogP contribution in [0.25, 0.3) is 0 Å². The van der Waals surface area contributed by atoms with Crippen LogP contribution in [-0.4, -0.2) is 22.5 Å². The lowest BCUT2D eigenvalue weighted by molar-refractivity contribution is 0.416. The lowest BCUT2D eigenvalue weighted by Gasteiger charge is -2.07. The molecule has 0 aliphatic carbocycles. The summed E-state index contributed by atoms with van der Waals surface area (Å²) in [5.41, 5.74) is 1.81. The van der Waals surface area contributed by atoms with Crippen LogP contribution in [0.5, 0.6) is 5.75 Å². The monoisotopic (exact) mass is 243 g/mol. The summed E-state index contributed by atoms with van der Waals surface area (Å²) in [4.78, 5) is 8.96. The summed E-state index contributed by atoms with van der Waals surface area (Å²) in [6, 6.07) is 7.71. The minimum absolute atomic E-state index is 0.770. The summed E-state index contributed by atoms with van der Waals surface area (Å²) < 4.78 is 7.26. The number of rotatable bonds is 2. The highest BCUT2D eigenvalue weighted by molar-refractivity contribution is 5.85. The number of benzene rings is 1. The van der Waals surface area contributed by atoms with Gasteiger partial charge >= 0.3 is 0 Å². The van der Waals surface area contributed by atoms with Crippen LogP contribution in [0.4, 0.5) is 5.69 Å². The van der Waals surface area contributed by atoms with Gasteiger partial charge in [0.05, 0.1) is 12.8 Å². The Morgan fingerprint density at radius 2 is 2.00 bits per heavy atom. The molecule has 0 amide bonds. The average molecular weight is 243 g/mol. The molecule has 0 saturated carbocycles. The second-order valence-electron chi connectivity index (χ2n) is 4.13. The van der Waals surface area contributed by atoms with E-state index >= 15 is 0 Å². The predicted octanol–water partition coefficient (Wildman–Crippen LogP) is 3.11. The highest BCUT2D eigenvalue weighted by atomic mass is 16.5. The van der Waals surface area contributed by atoms with Crippen LogP contribution < -0.4 is 4.74 Å². The molecule has 2 aromatic rings. The van der Waals surface area contributed by atoms with E-state index in [0.29, 0.717) is 0 Å². The van der Waals surface area contributed by atoms with E-state index in [2.05, 4.69) is 9.98 Å². The molecule has 1 aromatic heterocycles. The van der Waals surface area contributed by atoms with E-state index in [0.717, 1.165) is 28.8 Å². The van der Waals surface area contributed by atoms with Gasteiger partial charge in [0.2, 0.25) is 0 Å². The number of methoxy groups -OCH3 is 1. The zero-order chi connectivity index (χ0) is 13.1. The van der Waals surface area contributed by atoms with Gasteiger partial charge in [-0.3, -0.25) is 4.57 Å². The van der Waals surface area contributed by atoms with Crippen molar-refractivity contribution in [1.29, 1.82) is 0 Å². The van der Waals surface area contributed by atoms with Crippen molar-refractivity contribution >= 4 is 11.5 Å². The van der Waals surface area contributed by atoms with Gasteiger partial charge in [0.1, 0.15) is 23.1 Å². The van der Waals surface area contributed by atoms with Crippen LogP contribution in [0.1, 0.15) is 18.4 Å². The van der Waals surface area contributed by atoms with Crippen LogP contribution in [0.2, 0.25) is 0 Å².